The van der Waals surface area contributed by atoms with Gasteiger partial charge in [0.25, 0.3) is 0 Å². The number of hydrogen-bond acceptors (Lipinski definition) is 3. The van der Waals surface area contributed by atoms with E-state index in [1.165, 1.54) is 51.4 Å². The summed E-state index contributed by atoms with van der Waals surface area (Å²) >= 11 is 0. The van der Waals surface area contributed by atoms with Crippen LogP contribution < -0.4 is 5.32 Å². The molecule has 0 aliphatic rings. The van der Waals surface area contributed by atoms with E-state index in [-0.39, 0.29) is 12.3 Å². The van der Waals surface area contributed by atoms with E-state index in [4.69, 9.17) is 0 Å². The molecule has 4 heteroatoms. The van der Waals surface area contributed by atoms with Gasteiger partial charge in [0.2, 0.25) is 5.91 Å². The van der Waals surface area contributed by atoms with Crippen molar-refractivity contribution in [2.45, 2.75) is 129 Å². The van der Waals surface area contributed by atoms with Crippen molar-refractivity contribution in [2.75, 3.05) is 6.54 Å². The first-order valence-corrected chi connectivity index (χ1v) is 11.2. The molecular formula is C22H45NO3. The topological polar surface area (TPSA) is 69.6 Å². The molecule has 0 aromatic heterocycles. The van der Waals surface area contributed by atoms with Crippen LogP contribution in [0.15, 0.2) is 0 Å². The first-order valence-electron chi connectivity index (χ1n) is 11.2. The Morgan fingerprint density at radius 1 is 0.692 bits per heavy atom. The van der Waals surface area contributed by atoms with E-state index in [9.17, 15) is 15.0 Å². The fourth-order valence-corrected chi connectivity index (χ4v) is 3.21. The molecule has 0 radical (unpaired) electrons. The highest BCUT2D eigenvalue weighted by Gasteiger charge is 2.19. The van der Waals surface area contributed by atoms with E-state index in [0.29, 0.717) is 13.0 Å². The molecule has 26 heavy (non-hydrogen) atoms. The molecule has 2 unspecified atom stereocenters. The van der Waals surface area contributed by atoms with Crippen molar-refractivity contribution in [2.24, 2.45) is 0 Å². The summed E-state index contributed by atoms with van der Waals surface area (Å²) in [5.74, 6) is -0.152. The highest BCUT2D eigenvalue weighted by Crippen LogP contribution is 2.11. The summed E-state index contributed by atoms with van der Waals surface area (Å²) in [5, 5.41) is 22.7. The Kier molecular flexibility index (Phi) is 18.7. The van der Waals surface area contributed by atoms with Crippen molar-refractivity contribution >= 4 is 5.91 Å². The van der Waals surface area contributed by atoms with Crippen LogP contribution in [-0.2, 0) is 4.79 Å². The summed E-state index contributed by atoms with van der Waals surface area (Å²) in [7, 11) is 0. The zero-order chi connectivity index (χ0) is 19.5. The first kappa shape index (κ1) is 25.4. The van der Waals surface area contributed by atoms with Crippen LogP contribution in [0.3, 0.4) is 0 Å². The van der Waals surface area contributed by atoms with E-state index >= 15 is 0 Å². The van der Waals surface area contributed by atoms with Crippen LogP contribution in [0.1, 0.15) is 117 Å². The Morgan fingerprint density at radius 3 is 1.69 bits per heavy atom. The predicted molar refractivity (Wildman–Crippen MR) is 110 cm³/mol. The molecule has 0 spiro atoms. The van der Waals surface area contributed by atoms with Crippen LogP contribution in [0, 0.1) is 0 Å². The second-order valence-corrected chi connectivity index (χ2v) is 7.72. The van der Waals surface area contributed by atoms with Crippen molar-refractivity contribution in [3.05, 3.63) is 0 Å². The van der Waals surface area contributed by atoms with Crippen LogP contribution >= 0.6 is 0 Å². The number of unbranched alkanes of at least 4 members (excludes halogenated alkanes) is 12. The van der Waals surface area contributed by atoms with Gasteiger partial charge in [-0.25, -0.2) is 0 Å². The van der Waals surface area contributed by atoms with Crippen LogP contribution in [-0.4, -0.2) is 34.9 Å². The summed E-state index contributed by atoms with van der Waals surface area (Å²) in [6, 6.07) is 0. The number of aliphatic hydroxyl groups excluding tert-OH is 2. The largest absolute Gasteiger partial charge is 0.390 e. The van der Waals surface area contributed by atoms with Crippen molar-refractivity contribution in [3.63, 3.8) is 0 Å². The average Bonchev–Trinajstić information content (AvgIpc) is 2.63. The van der Waals surface area contributed by atoms with E-state index in [1.807, 2.05) is 0 Å². The van der Waals surface area contributed by atoms with Crippen LogP contribution in [0.25, 0.3) is 0 Å². The standard InChI is InChI=1S/C22H45NO3/c1-3-5-7-9-10-11-12-13-14-16-18-23-22(26)19-21(25)20(24)17-15-8-6-4-2/h20-21,24-25H,3-19H2,1-2H3,(H,23,26). The molecule has 0 heterocycles. The number of hydrogen-bond donors (Lipinski definition) is 3. The second-order valence-electron chi connectivity index (χ2n) is 7.72. The number of nitrogens with one attached hydrogen (secondary N) is 1. The monoisotopic (exact) mass is 371 g/mol. The molecule has 0 rings (SSSR count). The van der Waals surface area contributed by atoms with Gasteiger partial charge in [-0.3, -0.25) is 4.79 Å². The minimum atomic E-state index is -0.940. The van der Waals surface area contributed by atoms with Gasteiger partial charge in [0.15, 0.2) is 0 Å². The number of carbonyl (C=O) groups is 1. The van der Waals surface area contributed by atoms with Crippen LogP contribution in [0.5, 0.6) is 0 Å². The van der Waals surface area contributed by atoms with E-state index < -0.39 is 12.2 Å². The van der Waals surface area contributed by atoms with Crippen molar-refractivity contribution in [3.8, 4) is 0 Å². The summed E-state index contributed by atoms with van der Waals surface area (Å²) in [6.07, 6.45) is 15.9. The lowest BCUT2D eigenvalue weighted by atomic mass is 10.0. The molecule has 3 N–H and O–H groups in total. The molecule has 0 aliphatic carbocycles. The SMILES string of the molecule is CCCCCCCCCCCCNC(=O)CC(O)C(O)CCCCCC. The first-order chi connectivity index (χ1) is 12.6. The minimum absolute atomic E-state index is 0.00665. The molecule has 1 amide bonds. The maximum atomic E-state index is 11.8. The fraction of sp³-hybridized carbons (Fsp3) is 0.955. The van der Waals surface area contributed by atoms with Crippen molar-refractivity contribution in [1.82, 2.24) is 5.32 Å². The van der Waals surface area contributed by atoms with Gasteiger partial charge in [-0.2, -0.15) is 0 Å². The molecule has 0 saturated carbocycles. The van der Waals surface area contributed by atoms with Crippen molar-refractivity contribution < 1.29 is 15.0 Å². The van der Waals surface area contributed by atoms with Gasteiger partial charge >= 0.3 is 0 Å². The van der Waals surface area contributed by atoms with Gasteiger partial charge in [0.1, 0.15) is 0 Å². The zero-order valence-electron chi connectivity index (χ0n) is 17.5. The van der Waals surface area contributed by atoms with Crippen molar-refractivity contribution in [1.29, 1.82) is 0 Å². The average molecular weight is 372 g/mol. The van der Waals surface area contributed by atoms with Gasteiger partial charge in [0, 0.05) is 6.54 Å². The second kappa shape index (κ2) is 19.2. The third-order valence-electron chi connectivity index (χ3n) is 5.04. The third-order valence-corrected chi connectivity index (χ3v) is 5.04. The lowest BCUT2D eigenvalue weighted by molar-refractivity contribution is -0.124. The Balaban J connectivity index is 3.44. The lowest BCUT2D eigenvalue weighted by Gasteiger charge is -2.17. The van der Waals surface area contributed by atoms with E-state index in [1.54, 1.807) is 0 Å². The number of carbonyl (C=O) groups excluding carboxylic acids is 1. The number of aliphatic hydroxyl groups is 2. The van der Waals surface area contributed by atoms with Crippen LogP contribution in [0.2, 0.25) is 0 Å². The Bertz CT molecular complexity index is 310. The van der Waals surface area contributed by atoms with E-state index in [2.05, 4.69) is 19.2 Å². The maximum Gasteiger partial charge on any atom is 0.222 e. The molecule has 4 nitrogen and oxygen atoms in total. The number of rotatable bonds is 19. The molecule has 0 saturated heterocycles. The van der Waals surface area contributed by atoms with Gasteiger partial charge in [0.05, 0.1) is 18.6 Å². The molecule has 0 aromatic rings. The van der Waals surface area contributed by atoms with Crippen LogP contribution in [0.4, 0.5) is 0 Å². The quantitative estimate of drug-likeness (QED) is 0.276. The lowest BCUT2D eigenvalue weighted by Crippen LogP contribution is -2.34. The highest BCUT2D eigenvalue weighted by molar-refractivity contribution is 5.76. The van der Waals surface area contributed by atoms with Gasteiger partial charge in [-0.15, -0.1) is 0 Å². The summed E-state index contributed by atoms with van der Waals surface area (Å²) in [4.78, 5) is 11.8. The number of amides is 1. The molecule has 0 bridgehead atoms. The molecule has 0 fully saturated rings. The molecular weight excluding hydrogens is 326 g/mol. The highest BCUT2D eigenvalue weighted by atomic mass is 16.3. The normalized spacial score (nSPS) is 13.5. The third kappa shape index (κ3) is 16.8. The Hall–Kier alpha value is -0.610. The maximum absolute atomic E-state index is 11.8. The Morgan fingerprint density at radius 2 is 1.15 bits per heavy atom. The van der Waals surface area contributed by atoms with Gasteiger partial charge in [-0.1, -0.05) is 97.3 Å². The summed E-state index contributed by atoms with van der Waals surface area (Å²) < 4.78 is 0. The fourth-order valence-electron chi connectivity index (χ4n) is 3.21. The minimum Gasteiger partial charge on any atom is -0.390 e. The Labute approximate surface area is 162 Å². The summed E-state index contributed by atoms with van der Waals surface area (Å²) in [5.41, 5.74) is 0. The molecule has 0 aliphatic heterocycles. The molecule has 0 aromatic carbocycles. The van der Waals surface area contributed by atoms with Gasteiger partial charge in [-0.05, 0) is 12.8 Å². The van der Waals surface area contributed by atoms with Gasteiger partial charge < -0.3 is 15.5 Å². The van der Waals surface area contributed by atoms with E-state index in [0.717, 1.165) is 38.5 Å². The zero-order valence-corrected chi connectivity index (χ0v) is 17.5. The molecule has 156 valence electrons. The molecule has 2 atom stereocenters. The predicted octanol–water partition coefficient (Wildman–Crippen LogP) is 5.11. The summed E-state index contributed by atoms with van der Waals surface area (Å²) in [6.45, 7) is 5.06. The smallest absolute Gasteiger partial charge is 0.222 e.